The minimum Gasteiger partial charge on any atom is -0.434 e. The average Bonchev–Trinajstić information content (AvgIpc) is 3.40. The number of para-hydroxylation sites is 1. The van der Waals surface area contributed by atoms with Gasteiger partial charge in [0.05, 0.1) is 23.1 Å². The molecule has 208 valence electrons. The first kappa shape index (κ1) is 26.9. The van der Waals surface area contributed by atoms with Crippen molar-refractivity contribution in [3.05, 3.63) is 65.5 Å². The van der Waals surface area contributed by atoms with E-state index >= 15 is 0 Å². The molecule has 15 heteroatoms. The molecule has 10 nitrogen and oxygen atoms in total. The molecular formula is C25H21F5N8O2. The van der Waals surface area contributed by atoms with Crippen molar-refractivity contribution in [3.8, 4) is 22.9 Å². The third kappa shape index (κ3) is 5.39. The van der Waals surface area contributed by atoms with Crippen LogP contribution in [0.15, 0.2) is 41.1 Å². The summed E-state index contributed by atoms with van der Waals surface area (Å²) in [7, 11) is 0. The topological polar surface area (TPSA) is 136 Å². The Balaban J connectivity index is 1.37. The number of piperidine rings is 1. The highest BCUT2D eigenvalue weighted by molar-refractivity contribution is 5.89. The summed E-state index contributed by atoms with van der Waals surface area (Å²) < 4.78 is 72.9. The largest absolute Gasteiger partial charge is 0.451 e. The number of oxazole rings is 1. The Hall–Kier alpha value is -4.69. The van der Waals surface area contributed by atoms with E-state index in [-0.39, 0.29) is 42.3 Å². The van der Waals surface area contributed by atoms with E-state index in [2.05, 4.69) is 30.2 Å². The molecule has 1 aliphatic heterocycles. The Labute approximate surface area is 223 Å². The number of rotatable bonds is 4. The minimum atomic E-state index is -4.73. The summed E-state index contributed by atoms with van der Waals surface area (Å²) >= 11 is 0. The molecule has 0 unspecified atom stereocenters. The number of nitrogens with one attached hydrogen (secondary N) is 1. The van der Waals surface area contributed by atoms with Crippen molar-refractivity contribution in [1.82, 2.24) is 29.8 Å². The predicted molar refractivity (Wildman–Crippen MR) is 132 cm³/mol. The third-order valence-corrected chi connectivity index (χ3v) is 6.38. The molecule has 1 saturated heterocycles. The highest BCUT2D eigenvalue weighted by Crippen LogP contribution is 2.37. The van der Waals surface area contributed by atoms with E-state index in [9.17, 15) is 26.7 Å². The molecule has 3 N–H and O–H groups in total. The van der Waals surface area contributed by atoms with Crippen LogP contribution < -0.4 is 11.1 Å². The van der Waals surface area contributed by atoms with E-state index in [1.165, 1.54) is 23.2 Å². The van der Waals surface area contributed by atoms with Crippen LogP contribution in [0.4, 0.5) is 38.4 Å². The number of halogens is 5. The van der Waals surface area contributed by atoms with Crippen LogP contribution >= 0.6 is 0 Å². The molecule has 0 bridgehead atoms. The second-order valence-corrected chi connectivity index (χ2v) is 9.01. The number of aromatic nitrogens is 5. The predicted octanol–water partition coefficient (Wildman–Crippen LogP) is 5.19. The lowest BCUT2D eigenvalue weighted by Crippen LogP contribution is -2.41. The number of alkyl halides is 3. The number of amides is 2. The number of urea groups is 1. The summed E-state index contributed by atoms with van der Waals surface area (Å²) in [6, 6.07) is 3.90. The van der Waals surface area contributed by atoms with Crippen molar-refractivity contribution < 1.29 is 31.2 Å². The molecule has 0 spiro atoms. The Bertz CT molecular complexity index is 1550. The zero-order valence-electron chi connectivity index (χ0n) is 20.8. The van der Waals surface area contributed by atoms with Crippen molar-refractivity contribution in [1.29, 1.82) is 0 Å². The molecule has 0 atom stereocenters. The number of likely N-dealkylation sites (tertiary alicyclic amines) is 1. The van der Waals surface area contributed by atoms with Crippen LogP contribution in [0.3, 0.4) is 0 Å². The van der Waals surface area contributed by atoms with E-state index < -0.39 is 35.4 Å². The van der Waals surface area contributed by atoms with E-state index in [0.29, 0.717) is 29.8 Å². The van der Waals surface area contributed by atoms with Gasteiger partial charge >= 0.3 is 12.2 Å². The first-order valence-electron chi connectivity index (χ1n) is 12.0. The normalized spacial score (nSPS) is 14.4. The number of nitrogen functional groups attached to an aromatic ring is 1. The zero-order chi connectivity index (χ0) is 28.6. The van der Waals surface area contributed by atoms with Crippen LogP contribution in [0.25, 0.3) is 22.9 Å². The van der Waals surface area contributed by atoms with Gasteiger partial charge in [0.1, 0.15) is 23.0 Å². The fourth-order valence-electron chi connectivity index (χ4n) is 4.48. The number of aryl methyl sites for hydroxylation is 1. The quantitative estimate of drug-likeness (QED) is 0.326. The molecule has 4 aromatic rings. The smallest absolute Gasteiger partial charge is 0.434 e. The maximum Gasteiger partial charge on any atom is 0.451 e. The number of carbonyl (C=O) groups is 1. The van der Waals surface area contributed by atoms with Gasteiger partial charge in [0, 0.05) is 25.2 Å². The van der Waals surface area contributed by atoms with Gasteiger partial charge < -0.3 is 20.4 Å². The average molecular weight is 560 g/mol. The van der Waals surface area contributed by atoms with Gasteiger partial charge in [0.2, 0.25) is 17.7 Å². The second kappa shape index (κ2) is 10.5. The van der Waals surface area contributed by atoms with Gasteiger partial charge in [-0.05, 0) is 38.0 Å². The third-order valence-electron chi connectivity index (χ3n) is 6.38. The van der Waals surface area contributed by atoms with E-state index in [4.69, 9.17) is 10.2 Å². The van der Waals surface area contributed by atoms with E-state index in [1.807, 2.05) is 0 Å². The van der Waals surface area contributed by atoms with Crippen LogP contribution in [-0.4, -0.2) is 48.9 Å². The molecule has 40 heavy (non-hydrogen) atoms. The number of hydrogen-bond donors (Lipinski definition) is 2. The minimum absolute atomic E-state index is 0.00356. The second-order valence-electron chi connectivity index (χ2n) is 9.01. The summed E-state index contributed by atoms with van der Waals surface area (Å²) in [5.41, 5.74) is 6.63. The lowest BCUT2D eigenvalue weighted by molar-refractivity contribution is -0.144. The zero-order valence-corrected chi connectivity index (χ0v) is 20.8. The molecule has 0 aliphatic carbocycles. The Morgan fingerprint density at radius 3 is 2.45 bits per heavy atom. The number of nitrogens with zero attached hydrogens (tertiary/aromatic N) is 6. The fourth-order valence-corrected chi connectivity index (χ4v) is 4.48. The van der Waals surface area contributed by atoms with Crippen molar-refractivity contribution in [2.45, 2.75) is 31.9 Å². The molecule has 3 aromatic heterocycles. The van der Waals surface area contributed by atoms with Gasteiger partial charge in [-0.15, -0.1) is 0 Å². The van der Waals surface area contributed by atoms with Crippen molar-refractivity contribution in [3.63, 3.8) is 0 Å². The highest BCUT2D eigenvalue weighted by Gasteiger charge is 2.35. The number of carbonyl (C=O) groups excluding carboxylic acids is 1. The van der Waals surface area contributed by atoms with Crippen molar-refractivity contribution in [2.24, 2.45) is 0 Å². The maximum atomic E-state index is 14.0. The summed E-state index contributed by atoms with van der Waals surface area (Å²) in [6.45, 7) is 2.15. The van der Waals surface area contributed by atoms with Crippen LogP contribution in [-0.2, 0) is 6.18 Å². The van der Waals surface area contributed by atoms with Gasteiger partial charge in [0.15, 0.2) is 5.76 Å². The lowest BCUT2D eigenvalue weighted by Gasteiger charge is -2.32. The molecule has 1 aliphatic rings. The Kier molecular flexibility index (Phi) is 7.04. The molecule has 5 rings (SSSR count). The number of hydrogen-bond acceptors (Lipinski definition) is 8. The van der Waals surface area contributed by atoms with Crippen molar-refractivity contribution >= 4 is 17.7 Å². The molecular weight excluding hydrogens is 539 g/mol. The summed E-state index contributed by atoms with van der Waals surface area (Å²) in [5.74, 6) is -3.27. The van der Waals surface area contributed by atoms with Crippen LogP contribution in [0.5, 0.6) is 0 Å². The highest BCUT2D eigenvalue weighted by atomic mass is 19.4. The number of anilines is 2. The maximum absolute atomic E-state index is 14.0. The van der Waals surface area contributed by atoms with Crippen LogP contribution in [0.1, 0.15) is 36.0 Å². The monoisotopic (exact) mass is 560 g/mol. The SMILES string of the molecule is Cc1nc(N)nc(C2CCN(C(=O)Nc3c(F)cccc3F)CC2)c1-c1ncc(-c2ccnc(C(F)(F)F)n2)o1. The van der Waals surface area contributed by atoms with E-state index in [1.54, 1.807) is 6.92 Å². The standard InChI is InChI=1S/C25H21F5N8O2/c1-12-18(21-33-11-17(40-21)16-5-8-32-22(35-16)25(28,29)30)19(36-23(31)34-12)13-6-9-38(10-7-13)24(39)37-20-14(26)3-2-4-15(20)27/h2-5,8,11,13H,6-7,9-10H2,1H3,(H,37,39)(H2,31,34,36). The molecule has 0 saturated carbocycles. The number of nitrogens with two attached hydrogens (primary N) is 1. The lowest BCUT2D eigenvalue weighted by atomic mass is 9.90. The van der Waals surface area contributed by atoms with Crippen LogP contribution in [0, 0.1) is 18.6 Å². The van der Waals surface area contributed by atoms with E-state index in [0.717, 1.165) is 18.3 Å². The number of benzene rings is 1. The van der Waals surface area contributed by atoms with Crippen LogP contribution in [0.2, 0.25) is 0 Å². The molecule has 0 radical (unpaired) electrons. The van der Waals surface area contributed by atoms with Gasteiger partial charge in [-0.3, -0.25) is 0 Å². The summed E-state index contributed by atoms with van der Waals surface area (Å²) in [4.78, 5) is 33.7. The first-order valence-corrected chi connectivity index (χ1v) is 12.0. The first-order chi connectivity index (χ1) is 19.0. The van der Waals surface area contributed by atoms with Crippen molar-refractivity contribution in [2.75, 3.05) is 24.1 Å². The summed E-state index contributed by atoms with van der Waals surface area (Å²) in [6.07, 6.45) is -1.68. The molecule has 2 amide bonds. The van der Waals surface area contributed by atoms with Gasteiger partial charge in [-0.1, -0.05) is 6.07 Å². The fraction of sp³-hybridized carbons (Fsp3) is 0.280. The van der Waals surface area contributed by atoms with Gasteiger partial charge in [-0.2, -0.15) is 13.2 Å². The van der Waals surface area contributed by atoms with Gasteiger partial charge in [-0.25, -0.2) is 38.5 Å². The Morgan fingerprint density at radius 2 is 1.77 bits per heavy atom. The van der Waals surface area contributed by atoms with Gasteiger partial charge in [0.25, 0.3) is 0 Å². The summed E-state index contributed by atoms with van der Waals surface area (Å²) in [5, 5.41) is 2.28. The Morgan fingerprint density at radius 1 is 1.07 bits per heavy atom. The molecule has 1 fully saturated rings. The molecule has 4 heterocycles. The molecule has 1 aromatic carbocycles.